The fraction of sp³-hybridized carbons (Fsp3) is 0.750. The van der Waals surface area contributed by atoms with Gasteiger partial charge in [-0.25, -0.2) is 4.98 Å². The fourth-order valence-corrected chi connectivity index (χ4v) is 1.90. The molecule has 1 heterocycles. The number of hydrogen-bond acceptors (Lipinski definition) is 4. The van der Waals surface area contributed by atoms with Gasteiger partial charge in [0, 0.05) is 39.1 Å². The van der Waals surface area contributed by atoms with Crippen LogP contribution in [-0.4, -0.2) is 54.3 Å². The number of methoxy groups -OCH3 is 1. The summed E-state index contributed by atoms with van der Waals surface area (Å²) in [6, 6.07) is 0.371. The van der Waals surface area contributed by atoms with Crippen LogP contribution in [0.5, 0.6) is 0 Å². The fourth-order valence-electron chi connectivity index (χ4n) is 1.90. The predicted molar refractivity (Wildman–Crippen MR) is 68.9 cm³/mol. The van der Waals surface area contributed by atoms with Gasteiger partial charge in [-0.15, -0.1) is 0 Å². The van der Waals surface area contributed by atoms with E-state index in [1.54, 1.807) is 7.11 Å². The maximum atomic E-state index is 5.21. The van der Waals surface area contributed by atoms with Gasteiger partial charge < -0.3 is 14.6 Å². The summed E-state index contributed by atoms with van der Waals surface area (Å²) in [6.07, 6.45) is 3.81. The molecule has 5 nitrogen and oxygen atoms in total. The van der Waals surface area contributed by atoms with E-state index in [1.165, 1.54) is 0 Å². The summed E-state index contributed by atoms with van der Waals surface area (Å²) in [5.41, 5.74) is 0. The molecule has 0 spiro atoms. The number of nitrogens with zero attached hydrogens (tertiary/aromatic N) is 3. The third kappa shape index (κ3) is 4.85. The average Bonchev–Trinajstić information content (AvgIpc) is 2.65. The Bertz CT molecular complexity index is 307. The van der Waals surface area contributed by atoms with Crippen LogP contribution in [-0.2, 0) is 18.3 Å². The third-order valence-corrected chi connectivity index (χ3v) is 2.73. The molecule has 1 N–H and O–H groups in total. The quantitative estimate of drug-likeness (QED) is 0.717. The molecule has 0 saturated carbocycles. The molecule has 1 aromatic heterocycles. The largest absolute Gasteiger partial charge is 0.383 e. The number of rotatable bonds is 8. The van der Waals surface area contributed by atoms with Gasteiger partial charge in [-0.2, -0.15) is 0 Å². The minimum Gasteiger partial charge on any atom is -0.383 e. The number of aromatic nitrogens is 2. The first-order valence-electron chi connectivity index (χ1n) is 6.04. The van der Waals surface area contributed by atoms with Crippen molar-refractivity contribution in [3.05, 3.63) is 18.2 Å². The Morgan fingerprint density at radius 1 is 1.59 bits per heavy atom. The van der Waals surface area contributed by atoms with Crippen LogP contribution in [0.1, 0.15) is 12.7 Å². The summed E-state index contributed by atoms with van der Waals surface area (Å²) in [4.78, 5) is 6.58. The molecular formula is C12H24N4O. The van der Waals surface area contributed by atoms with Gasteiger partial charge >= 0.3 is 0 Å². The highest BCUT2D eigenvalue weighted by molar-refractivity contribution is 4.90. The summed E-state index contributed by atoms with van der Waals surface area (Å²) in [5.74, 6) is 1.08. The second kappa shape index (κ2) is 7.42. The molecule has 0 bridgehead atoms. The minimum atomic E-state index is 0.371. The standard InChI is InChI=1S/C12H24N4O/c1-5-13-11(10-17-4)8-15(2)9-12-14-6-7-16(12)3/h6-7,11,13H,5,8-10H2,1-4H3. The first-order valence-corrected chi connectivity index (χ1v) is 6.04. The van der Waals surface area contributed by atoms with Crippen molar-refractivity contribution in [2.24, 2.45) is 7.05 Å². The maximum Gasteiger partial charge on any atom is 0.122 e. The second-order valence-corrected chi connectivity index (χ2v) is 4.36. The van der Waals surface area contributed by atoms with Gasteiger partial charge in [0.2, 0.25) is 0 Å². The van der Waals surface area contributed by atoms with Gasteiger partial charge in [0.25, 0.3) is 0 Å². The normalized spacial score (nSPS) is 13.2. The zero-order valence-corrected chi connectivity index (χ0v) is 11.3. The van der Waals surface area contributed by atoms with Crippen LogP contribution < -0.4 is 5.32 Å². The lowest BCUT2D eigenvalue weighted by molar-refractivity contribution is 0.144. The number of ether oxygens (including phenoxy) is 1. The van der Waals surface area contributed by atoms with Crippen LogP contribution in [0, 0.1) is 0 Å². The van der Waals surface area contributed by atoms with Crippen molar-refractivity contribution >= 4 is 0 Å². The molecule has 5 heteroatoms. The molecular weight excluding hydrogens is 216 g/mol. The van der Waals surface area contributed by atoms with Crippen LogP contribution >= 0.6 is 0 Å². The molecule has 0 aliphatic rings. The smallest absolute Gasteiger partial charge is 0.122 e. The number of hydrogen-bond donors (Lipinski definition) is 1. The molecule has 0 saturated heterocycles. The molecule has 1 atom stereocenters. The van der Waals surface area contributed by atoms with E-state index in [-0.39, 0.29) is 0 Å². The van der Waals surface area contributed by atoms with Crippen molar-refractivity contribution in [3.8, 4) is 0 Å². The summed E-state index contributed by atoms with van der Waals surface area (Å²) in [6.45, 7) is 5.62. The van der Waals surface area contributed by atoms with Gasteiger partial charge in [-0.1, -0.05) is 6.92 Å². The monoisotopic (exact) mass is 240 g/mol. The van der Waals surface area contributed by atoms with E-state index in [2.05, 4.69) is 33.7 Å². The van der Waals surface area contributed by atoms with E-state index in [4.69, 9.17) is 4.74 Å². The Balaban J connectivity index is 2.41. The van der Waals surface area contributed by atoms with Crippen LogP contribution in [0.3, 0.4) is 0 Å². The number of nitrogens with one attached hydrogen (secondary N) is 1. The van der Waals surface area contributed by atoms with Crippen molar-refractivity contribution in [1.29, 1.82) is 0 Å². The Morgan fingerprint density at radius 3 is 2.88 bits per heavy atom. The van der Waals surface area contributed by atoms with Crippen LogP contribution in [0.2, 0.25) is 0 Å². The van der Waals surface area contributed by atoms with E-state index in [0.717, 1.165) is 32.1 Å². The molecule has 0 amide bonds. The van der Waals surface area contributed by atoms with Gasteiger partial charge in [-0.3, -0.25) is 4.90 Å². The topological polar surface area (TPSA) is 42.3 Å². The van der Waals surface area contributed by atoms with E-state index in [0.29, 0.717) is 6.04 Å². The van der Waals surface area contributed by atoms with Crippen LogP contribution in [0.15, 0.2) is 12.4 Å². The van der Waals surface area contributed by atoms with Crippen LogP contribution in [0.25, 0.3) is 0 Å². The van der Waals surface area contributed by atoms with Gasteiger partial charge in [0.15, 0.2) is 0 Å². The average molecular weight is 240 g/mol. The van der Waals surface area contributed by atoms with E-state index < -0.39 is 0 Å². The molecule has 0 fully saturated rings. The Labute approximate surface area is 104 Å². The Morgan fingerprint density at radius 2 is 2.35 bits per heavy atom. The predicted octanol–water partition coefficient (Wildman–Crippen LogP) is 0.476. The van der Waals surface area contributed by atoms with Crippen LogP contribution in [0.4, 0.5) is 0 Å². The summed E-state index contributed by atoms with van der Waals surface area (Å²) >= 11 is 0. The number of likely N-dealkylation sites (N-methyl/N-ethyl adjacent to an activating group) is 2. The van der Waals surface area contributed by atoms with Gasteiger partial charge in [0.1, 0.15) is 5.82 Å². The first-order chi connectivity index (χ1) is 8.17. The van der Waals surface area contributed by atoms with Gasteiger partial charge in [-0.05, 0) is 13.6 Å². The Kier molecular flexibility index (Phi) is 6.18. The maximum absolute atomic E-state index is 5.21. The lowest BCUT2D eigenvalue weighted by atomic mass is 10.3. The highest BCUT2D eigenvalue weighted by Gasteiger charge is 2.11. The first kappa shape index (κ1) is 14.2. The highest BCUT2D eigenvalue weighted by atomic mass is 16.5. The molecule has 98 valence electrons. The van der Waals surface area contributed by atoms with E-state index in [1.807, 2.05) is 19.4 Å². The summed E-state index contributed by atoms with van der Waals surface area (Å²) in [7, 11) is 5.87. The van der Waals surface area contributed by atoms with E-state index in [9.17, 15) is 0 Å². The van der Waals surface area contributed by atoms with E-state index >= 15 is 0 Å². The minimum absolute atomic E-state index is 0.371. The molecule has 1 aromatic rings. The summed E-state index contributed by atoms with van der Waals surface area (Å²) < 4.78 is 7.26. The second-order valence-electron chi connectivity index (χ2n) is 4.36. The molecule has 0 aromatic carbocycles. The number of imidazole rings is 1. The third-order valence-electron chi connectivity index (χ3n) is 2.73. The number of aryl methyl sites for hydroxylation is 1. The van der Waals surface area contributed by atoms with Gasteiger partial charge in [0.05, 0.1) is 13.2 Å². The molecule has 1 unspecified atom stereocenters. The van der Waals surface area contributed by atoms with Crippen molar-refractivity contribution in [1.82, 2.24) is 19.8 Å². The van der Waals surface area contributed by atoms with Crippen molar-refractivity contribution < 1.29 is 4.74 Å². The lowest BCUT2D eigenvalue weighted by Crippen LogP contribution is -2.42. The van der Waals surface area contributed by atoms with Crippen molar-refractivity contribution in [2.45, 2.75) is 19.5 Å². The molecule has 0 aliphatic carbocycles. The molecule has 17 heavy (non-hydrogen) atoms. The molecule has 0 radical (unpaired) electrons. The summed E-state index contributed by atoms with van der Waals surface area (Å²) in [5, 5.41) is 3.41. The molecule has 1 rings (SSSR count). The molecule has 0 aliphatic heterocycles. The Hall–Kier alpha value is -0.910. The van der Waals surface area contributed by atoms with Crippen molar-refractivity contribution in [3.63, 3.8) is 0 Å². The van der Waals surface area contributed by atoms with Crippen molar-refractivity contribution in [2.75, 3.05) is 33.9 Å². The highest BCUT2D eigenvalue weighted by Crippen LogP contribution is 2.00. The zero-order valence-electron chi connectivity index (χ0n) is 11.3. The SMILES string of the molecule is CCNC(COC)CN(C)Cc1nccn1C. The zero-order chi connectivity index (χ0) is 12.7. The lowest BCUT2D eigenvalue weighted by Gasteiger charge is -2.23.